The van der Waals surface area contributed by atoms with E-state index in [1.54, 1.807) is 0 Å². The molecule has 1 saturated carbocycles. The zero-order chi connectivity index (χ0) is 14.3. The average molecular weight is 294 g/mol. The lowest BCUT2D eigenvalue weighted by atomic mass is 9.76. The lowest BCUT2D eigenvalue weighted by molar-refractivity contribution is -0.00199. The molecular weight excluding hydrogens is 270 g/mol. The topological polar surface area (TPSA) is 21.3 Å². The Labute approximate surface area is 126 Å². The van der Waals surface area contributed by atoms with Crippen LogP contribution in [0, 0.1) is 13.8 Å². The molecule has 3 rings (SSSR count). The lowest BCUT2D eigenvalue weighted by Gasteiger charge is -2.45. The number of hydrogen-bond acceptors (Lipinski definition) is 2. The van der Waals surface area contributed by atoms with Crippen molar-refractivity contribution in [3.63, 3.8) is 0 Å². The summed E-state index contributed by atoms with van der Waals surface area (Å²) in [4.78, 5) is 0. The number of fused-ring (bicyclic) bond motifs is 1. The van der Waals surface area contributed by atoms with Crippen molar-refractivity contribution in [2.24, 2.45) is 0 Å². The summed E-state index contributed by atoms with van der Waals surface area (Å²) in [6.45, 7) is 4.18. The minimum Gasteiger partial charge on any atom is -0.487 e. The van der Waals surface area contributed by atoms with Gasteiger partial charge in [-0.15, -0.1) is 0 Å². The molecule has 2 nitrogen and oxygen atoms in total. The molecule has 1 atom stereocenters. The van der Waals surface area contributed by atoms with Crippen LogP contribution in [0.15, 0.2) is 6.07 Å². The Balaban J connectivity index is 2.06. The largest absolute Gasteiger partial charge is 0.487 e. The van der Waals surface area contributed by atoms with Gasteiger partial charge < -0.3 is 10.1 Å². The van der Waals surface area contributed by atoms with Crippen LogP contribution in [0.5, 0.6) is 5.75 Å². The van der Waals surface area contributed by atoms with Gasteiger partial charge in [-0.1, -0.05) is 18.0 Å². The molecule has 1 aromatic carbocycles. The van der Waals surface area contributed by atoms with E-state index in [1.165, 1.54) is 43.2 Å². The molecule has 3 heteroatoms. The van der Waals surface area contributed by atoms with Crippen LogP contribution in [0.2, 0.25) is 5.02 Å². The zero-order valence-electron chi connectivity index (χ0n) is 12.7. The second kappa shape index (κ2) is 5.23. The van der Waals surface area contributed by atoms with Gasteiger partial charge in [-0.25, -0.2) is 0 Å². The first-order valence-corrected chi connectivity index (χ1v) is 8.10. The quantitative estimate of drug-likeness (QED) is 0.810. The number of nitrogens with one attached hydrogen (secondary N) is 1. The molecule has 110 valence electrons. The Bertz CT molecular complexity index is 520. The summed E-state index contributed by atoms with van der Waals surface area (Å²) in [5.41, 5.74) is 3.60. The van der Waals surface area contributed by atoms with Crippen LogP contribution in [-0.4, -0.2) is 12.6 Å². The third kappa shape index (κ3) is 2.23. The summed E-state index contributed by atoms with van der Waals surface area (Å²) in [6, 6.07) is 2.49. The van der Waals surface area contributed by atoms with E-state index in [0.717, 1.165) is 22.8 Å². The Hall–Kier alpha value is -0.730. The molecule has 1 N–H and O–H groups in total. The number of ether oxygens (including phenoxy) is 1. The second-order valence-corrected chi connectivity index (χ2v) is 6.81. The fraction of sp³-hybridized carbons (Fsp3) is 0.647. The van der Waals surface area contributed by atoms with E-state index >= 15 is 0 Å². The van der Waals surface area contributed by atoms with E-state index in [4.69, 9.17) is 16.3 Å². The van der Waals surface area contributed by atoms with E-state index in [9.17, 15) is 0 Å². The second-order valence-electron chi connectivity index (χ2n) is 6.44. The minimum atomic E-state index is 0.0473. The molecule has 1 fully saturated rings. The molecule has 1 aromatic rings. The molecule has 1 aliphatic heterocycles. The van der Waals surface area contributed by atoms with Gasteiger partial charge in [-0.3, -0.25) is 0 Å². The Morgan fingerprint density at radius 2 is 1.95 bits per heavy atom. The predicted molar refractivity (Wildman–Crippen MR) is 83.8 cm³/mol. The lowest BCUT2D eigenvalue weighted by Crippen LogP contribution is -2.45. The third-order valence-corrected chi connectivity index (χ3v) is 5.64. The summed E-state index contributed by atoms with van der Waals surface area (Å²) in [5, 5.41) is 4.36. The normalized spacial score (nSPS) is 24.3. The molecule has 1 unspecified atom stereocenters. The Morgan fingerprint density at radius 1 is 1.25 bits per heavy atom. The molecule has 0 amide bonds. The standard InChI is InChI=1S/C17H24ClNO/c1-11-9-14-15(12(2)16(11)18)13(19-3)10-17(20-14)7-5-4-6-8-17/h9,13,19H,4-8,10H2,1-3H3. The monoisotopic (exact) mass is 293 g/mol. The minimum absolute atomic E-state index is 0.0473. The first-order chi connectivity index (χ1) is 9.56. The Morgan fingerprint density at radius 3 is 2.60 bits per heavy atom. The van der Waals surface area contributed by atoms with Gasteiger partial charge in [0, 0.05) is 23.0 Å². The maximum Gasteiger partial charge on any atom is 0.125 e. The van der Waals surface area contributed by atoms with Crippen LogP contribution >= 0.6 is 11.6 Å². The molecule has 0 radical (unpaired) electrons. The fourth-order valence-electron chi connectivity index (χ4n) is 3.95. The molecular formula is C17H24ClNO. The molecule has 20 heavy (non-hydrogen) atoms. The summed E-state index contributed by atoms with van der Waals surface area (Å²) < 4.78 is 6.51. The van der Waals surface area contributed by atoms with Crippen LogP contribution in [0.25, 0.3) is 0 Å². The van der Waals surface area contributed by atoms with Crippen molar-refractivity contribution < 1.29 is 4.74 Å². The first-order valence-electron chi connectivity index (χ1n) is 7.72. The number of aryl methyl sites for hydroxylation is 1. The van der Waals surface area contributed by atoms with Crippen molar-refractivity contribution in [3.05, 3.63) is 27.8 Å². The summed E-state index contributed by atoms with van der Waals surface area (Å²) >= 11 is 6.43. The molecule has 0 saturated heterocycles. The van der Waals surface area contributed by atoms with Crippen molar-refractivity contribution >= 4 is 11.6 Å². The SMILES string of the molecule is CNC1CC2(CCCCC2)Oc2cc(C)c(Cl)c(C)c21. The Kier molecular flexibility index (Phi) is 3.72. The highest BCUT2D eigenvalue weighted by atomic mass is 35.5. The molecule has 1 spiro atoms. The van der Waals surface area contributed by atoms with Crippen LogP contribution in [0.3, 0.4) is 0 Å². The van der Waals surface area contributed by atoms with Gasteiger partial charge in [0.15, 0.2) is 0 Å². The van der Waals surface area contributed by atoms with E-state index in [0.29, 0.717) is 6.04 Å². The fourth-order valence-corrected chi connectivity index (χ4v) is 4.11. The van der Waals surface area contributed by atoms with Crippen LogP contribution in [0.4, 0.5) is 0 Å². The van der Waals surface area contributed by atoms with E-state index in [-0.39, 0.29) is 5.60 Å². The number of benzene rings is 1. The van der Waals surface area contributed by atoms with Gasteiger partial charge in [-0.2, -0.15) is 0 Å². The number of rotatable bonds is 1. The maximum atomic E-state index is 6.51. The smallest absolute Gasteiger partial charge is 0.125 e. The zero-order valence-corrected chi connectivity index (χ0v) is 13.4. The maximum absolute atomic E-state index is 6.51. The molecule has 2 aliphatic rings. The average Bonchev–Trinajstić information content (AvgIpc) is 2.44. The van der Waals surface area contributed by atoms with E-state index in [2.05, 4.69) is 25.2 Å². The van der Waals surface area contributed by atoms with Crippen molar-refractivity contribution in [2.75, 3.05) is 7.05 Å². The highest BCUT2D eigenvalue weighted by Gasteiger charge is 2.42. The number of hydrogen-bond donors (Lipinski definition) is 1. The van der Waals surface area contributed by atoms with Gasteiger partial charge in [0.1, 0.15) is 11.4 Å². The molecule has 0 aromatic heterocycles. The van der Waals surface area contributed by atoms with Gasteiger partial charge in [-0.05, 0) is 63.8 Å². The van der Waals surface area contributed by atoms with Crippen molar-refractivity contribution in [1.29, 1.82) is 0 Å². The molecule has 1 aliphatic carbocycles. The predicted octanol–water partition coefficient (Wildman–Crippen LogP) is 4.70. The molecule has 1 heterocycles. The van der Waals surface area contributed by atoms with Crippen LogP contribution in [0.1, 0.15) is 61.3 Å². The van der Waals surface area contributed by atoms with E-state index < -0.39 is 0 Å². The first kappa shape index (κ1) is 14.2. The highest BCUT2D eigenvalue weighted by molar-refractivity contribution is 6.32. The van der Waals surface area contributed by atoms with Crippen molar-refractivity contribution in [3.8, 4) is 5.75 Å². The van der Waals surface area contributed by atoms with Crippen molar-refractivity contribution in [1.82, 2.24) is 5.32 Å². The van der Waals surface area contributed by atoms with Gasteiger partial charge in [0.25, 0.3) is 0 Å². The number of halogens is 1. The van der Waals surface area contributed by atoms with Gasteiger partial charge in [0.05, 0.1) is 0 Å². The van der Waals surface area contributed by atoms with Crippen molar-refractivity contribution in [2.45, 2.75) is 64.0 Å². The highest BCUT2D eigenvalue weighted by Crippen LogP contribution is 2.48. The summed E-state index contributed by atoms with van der Waals surface area (Å²) in [6.07, 6.45) is 7.36. The molecule has 0 bridgehead atoms. The van der Waals surface area contributed by atoms with Gasteiger partial charge >= 0.3 is 0 Å². The van der Waals surface area contributed by atoms with Crippen LogP contribution < -0.4 is 10.1 Å². The summed E-state index contributed by atoms with van der Waals surface area (Å²) in [5.74, 6) is 1.05. The van der Waals surface area contributed by atoms with Crippen LogP contribution in [-0.2, 0) is 0 Å². The summed E-state index contributed by atoms with van der Waals surface area (Å²) in [7, 11) is 2.05. The third-order valence-electron chi connectivity index (χ3n) is 5.06. The van der Waals surface area contributed by atoms with Gasteiger partial charge in [0.2, 0.25) is 0 Å². The van der Waals surface area contributed by atoms with E-state index in [1.807, 2.05) is 7.05 Å².